The lowest BCUT2D eigenvalue weighted by Crippen LogP contribution is -2.23. The second-order valence-corrected chi connectivity index (χ2v) is 5.01. The first kappa shape index (κ1) is 11.2. The zero-order chi connectivity index (χ0) is 11.8. The van der Waals surface area contributed by atoms with Crippen LogP contribution in [-0.2, 0) is 4.79 Å². The average Bonchev–Trinajstić information content (AvgIpc) is 2.54. The highest BCUT2D eigenvalue weighted by Gasteiger charge is 2.42. The van der Waals surface area contributed by atoms with Gasteiger partial charge in [0.1, 0.15) is 11.5 Å². The molecule has 2 rings (SSSR count). The Kier molecular flexibility index (Phi) is 2.75. The monoisotopic (exact) mass is 218 g/mol. The predicted octanol–water partition coefficient (Wildman–Crippen LogP) is 3.17. The van der Waals surface area contributed by atoms with Gasteiger partial charge in [0.05, 0.1) is 7.11 Å². The summed E-state index contributed by atoms with van der Waals surface area (Å²) in [6.07, 6.45) is 1.68. The predicted molar refractivity (Wildman–Crippen MR) is 63.8 cm³/mol. The molecule has 1 aliphatic rings. The largest absolute Gasteiger partial charge is 0.497 e. The van der Waals surface area contributed by atoms with Crippen LogP contribution in [0.4, 0.5) is 0 Å². The van der Waals surface area contributed by atoms with Crippen LogP contribution in [0.25, 0.3) is 0 Å². The molecular weight excluding hydrogens is 200 g/mol. The molecule has 1 aromatic carbocycles. The van der Waals surface area contributed by atoms with Crippen molar-refractivity contribution in [1.29, 1.82) is 0 Å². The Morgan fingerprint density at radius 1 is 1.25 bits per heavy atom. The first-order valence-electron chi connectivity index (χ1n) is 5.73. The van der Waals surface area contributed by atoms with Crippen molar-refractivity contribution in [2.24, 2.45) is 5.41 Å². The van der Waals surface area contributed by atoms with Gasteiger partial charge < -0.3 is 4.74 Å². The van der Waals surface area contributed by atoms with Crippen molar-refractivity contribution < 1.29 is 9.53 Å². The lowest BCUT2D eigenvalue weighted by molar-refractivity contribution is -0.124. The maximum absolute atomic E-state index is 11.8. The Labute approximate surface area is 96.6 Å². The van der Waals surface area contributed by atoms with E-state index in [1.807, 2.05) is 12.1 Å². The molecule has 0 aliphatic heterocycles. The highest BCUT2D eigenvalue weighted by molar-refractivity contribution is 5.87. The number of ketones is 1. The van der Waals surface area contributed by atoms with E-state index in [2.05, 4.69) is 26.0 Å². The smallest absolute Gasteiger partial charge is 0.139 e. The Hall–Kier alpha value is -1.31. The van der Waals surface area contributed by atoms with Crippen molar-refractivity contribution >= 4 is 5.78 Å². The van der Waals surface area contributed by atoms with Crippen LogP contribution in [0.5, 0.6) is 5.75 Å². The summed E-state index contributed by atoms with van der Waals surface area (Å²) in [4.78, 5) is 11.8. The summed E-state index contributed by atoms with van der Waals surface area (Å²) in [6.45, 7) is 4.11. The zero-order valence-corrected chi connectivity index (χ0v) is 10.1. The molecule has 0 amide bonds. The molecule has 0 heterocycles. The molecule has 2 heteroatoms. The maximum atomic E-state index is 11.8. The van der Waals surface area contributed by atoms with Crippen LogP contribution in [0.15, 0.2) is 24.3 Å². The number of Topliss-reactive ketones (excluding diaryl/α,β-unsaturated/α-hetero) is 1. The molecule has 0 spiro atoms. The second kappa shape index (κ2) is 3.93. The molecule has 86 valence electrons. The van der Waals surface area contributed by atoms with Crippen molar-refractivity contribution in [1.82, 2.24) is 0 Å². The quantitative estimate of drug-likeness (QED) is 0.762. The van der Waals surface area contributed by atoms with E-state index < -0.39 is 0 Å². The van der Waals surface area contributed by atoms with Crippen molar-refractivity contribution in [3.8, 4) is 5.75 Å². The van der Waals surface area contributed by atoms with E-state index in [1.165, 1.54) is 5.56 Å². The third kappa shape index (κ3) is 1.73. The van der Waals surface area contributed by atoms with Gasteiger partial charge in [-0.25, -0.2) is 0 Å². The molecule has 16 heavy (non-hydrogen) atoms. The van der Waals surface area contributed by atoms with Crippen molar-refractivity contribution in [2.45, 2.75) is 32.6 Å². The molecule has 1 saturated carbocycles. The van der Waals surface area contributed by atoms with Crippen LogP contribution >= 0.6 is 0 Å². The Morgan fingerprint density at radius 2 is 1.88 bits per heavy atom. The van der Waals surface area contributed by atoms with Gasteiger partial charge >= 0.3 is 0 Å². The summed E-state index contributed by atoms with van der Waals surface area (Å²) >= 11 is 0. The van der Waals surface area contributed by atoms with E-state index in [4.69, 9.17) is 4.74 Å². The number of carbonyl (C=O) groups excluding carboxylic acids is 1. The summed E-state index contributed by atoms with van der Waals surface area (Å²) in [5.74, 6) is 1.60. The maximum Gasteiger partial charge on any atom is 0.139 e. The molecular formula is C14H18O2. The van der Waals surface area contributed by atoms with Gasteiger partial charge in [-0.15, -0.1) is 0 Å². The fourth-order valence-corrected chi connectivity index (χ4v) is 2.57. The van der Waals surface area contributed by atoms with E-state index >= 15 is 0 Å². The SMILES string of the molecule is COc1ccc(C2CCC(=O)C2(C)C)cc1. The average molecular weight is 218 g/mol. The van der Waals surface area contributed by atoms with Crippen molar-refractivity contribution in [2.75, 3.05) is 7.11 Å². The van der Waals surface area contributed by atoms with Crippen LogP contribution in [0.3, 0.4) is 0 Å². The molecule has 0 bridgehead atoms. The summed E-state index contributed by atoms with van der Waals surface area (Å²) in [5, 5.41) is 0. The van der Waals surface area contributed by atoms with Gasteiger partial charge in [0.25, 0.3) is 0 Å². The molecule has 1 atom stereocenters. The van der Waals surface area contributed by atoms with Crippen LogP contribution in [0.1, 0.15) is 38.2 Å². The molecule has 0 radical (unpaired) electrons. The second-order valence-electron chi connectivity index (χ2n) is 5.01. The molecule has 1 unspecified atom stereocenters. The Bertz CT molecular complexity index is 390. The highest BCUT2D eigenvalue weighted by atomic mass is 16.5. The normalized spacial score (nSPS) is 23.4. The van der Waals surface area contributed by atoms with Crippen LogP contribution in [-0.4, -0.2) is 12.9 Å². The van der Waals surface area contributed by atoms with Crippen LogP contribution < -0.4 is 4.74 Å². The fourth-order valence-electron chi connectivity index (χ4n) is 2.57. The first-order chi connectivity index (χ1) is 7.55. The molecule has 1 aliphatic carbocycles. The summed E-state index contributed by atoms with van der Waals surface area (Å²) < 4.78 is 5.14. The lowest BCUT2D eigenvalue weighted by Gasteiger charge is -2.25. The highest BCUT2D eigenvalue weighted by Crippen LogP contribution is 2.46. The fraction of sp³-hybridized carbons (Fsp3) is 0.500. The zero-order valence-electron chi connectivity index (χ0n) is 10.1. The van der Waals surface area contributed by atoms with E-state index in [0.717, 1.165) is 12.2 Å². The summed E-state index contributed by atoms with van der Waals surface area (Å²) in [5.41, 5.74) is 1.03. The molecule has 0 N–H and O–H groups in total. The third-order valence-corrected chi connectivity index (χ3v) is 3.77. The number of rotatable bonds is 2. The number of carbonyl (C=O) groups is 1. The van der Waals surface area contributed by atoms with Crippen LogP contribution in [0, 0.1) is 5.41 Å². The molecule has 1 aromatic rings. The van der Waals surface area contributed by atoms with Gasteiger partial charge in [0.2, 0.25) is 0 Å². The van der Waals surface area contributed by atoms with Gasteiger partial charge in [-0.05, 0) is 30.0 Å². The molecule has 0 aromatic heterocycles. The lowest BCUT2D eigenvalue weighted by atomic mass is 9.77. The van der Waals surface area contributed by atoms with Gasteiger partial charge in [-0.1, -0.05) is 26.0 Å². The minimum atomic E-state index is -0.214. The molecule has 1 fully saturated rings. The van der Waals surface area contributed by atoms with Gasteiger partial charge in [0, 0.05) is 11.8 Å². The van der Waals surface area contributed by atoms with Crippen molar-refractivity contribution in [3.05, 3.63) is 29.8 Å². The number of hydrogen-bond donors (Lipinski definition) is 0. The Morgan fingerprint density at radius 3 is 2.31 bits per heavy atom. The summed E-state index contributed by atoms with van der Waals surface area (Å²) in [6, 6.07) is 8.08. The molecule has 2 nitrogen and oxygen atoms in total. The number of ether oxygens (including phenoxy) is 1. The third-order valence-electron chi connectivity index (χ3n) is 3.77. The van der Waals surface area contributed by atoms with E-state index in [0.29, 0.717) is 18.1 Å². The van der Waals surface area contributed by atoms with Crippen LogP contribution in [0.2, 0.25) is 0 Å². The summed E-state index contributed by atoms with van der Waals surface area (Å²) in [7, 11) is 1.66. The molecule has 0 saturated heterocycles. The topological polar surface area (TPSA) is 26.3 Å². The minimum absolute atomic E-state index is 0.214. The van der Waals surface area contributed by atoms with E-state index in [9.17, 15) is 4.79 Å². The number of benzene rings is 1. The Balaban J connectivity index is 2.27. The van der Waals surface area contributed by atoms with Gasteiger partial charge in [-0.3, -0.25) is 4.79 Å². The van der Waals surface area contributed by atoms with E-state index in [-0.39, 0.29) is 5.41 Å². The van der Waals surface area contributed by atoms with E-state index in [1.54, 1.807) is 7.11 Å². The number of methoxy groups -OCH3 is 1. The van der Waals surface area contributed by atoms with Gasteiger partial charge in [-0.2, -0.15) is 0 Å². The van der Waals surface area contributed by atoms with Gasteiger partial charge in [0.15, 0.2) is 0 Å². The first-order valence-corrected chi connectivity index (χ1v) is 5.73. The standard InChI is InChI=1S/C14H18O2/c1-14(2)12(8-9-13(14)15)10-4-6-11(16-3)7-5-10/h4-7,12H,8-9H2,1-3H3. The number of hydrogen-bond acceptors (Lipinski definition) is 2. The van der Waals surface area contributed by atoms with Crippen molar-refractivity contribution in [3.63, 3.8) is 0 Å². The minimum Gasteiger partial charge on any atom is -0.497 e.